The molecular weight excluding hydrogens is 286 g/mol. The van der Waals surface area contributed by atoms with Gasteiger partial charge in [-0.15, -0.1) is 0 Å². The van der Waals surface area contributed by atoms with Gasteiger partial charge < -0.3 is 10.6 Å². The Morgan fingerprint density at radius 3 is 2.24 bits per heavy atom. The Kier molecular flexibility index (Phi) is 3.53. The van der Waals surface area contributed by atoms with E-state index >= 15 is 0 Å². The molecule has 1 unspecified atom stereocenters. The first-order valence-corrected chi connectivity index (χ1v) is 7.95. The van der Waals surface area contributed by atoms with E-state index in [1.54, 1.807) is 36.5 Å². The van der Waals surface area contributed by atoms with Crippen molar-refractivity contribution >= 4 is 15.7 Å². The van der Waals surface area contributed by atoms with E-state index in [4.69, 9.17) is 0 Å². The number of sulfonamides is 1. The van der Waals surface area contributed by atoms with E-state index < -0.39 is 16.3 Å². The second-order valence-electron chi connectivity index (χ2n) is 4.54. The van der Waals surface area contributed by atoms with Gasteiger partial charge in [-0.25, -0.2) is 12.7 Å². The molecule has 2 aromatic carbocycles. The lowest BCUT2D eigenvalue weighted by Gasteiger charge is -2.26. The molecule has 0 aromatic heterocycles. The van der Waals surface area contributed by atoms with Crippen LogP contribution >= 0.6 is 0 Å². The number of anilines is 1. The van der Waals surface area contributed by atoms with Gasteiger partial charge in [0.2, 0.25) is 0 Å². The second kappa shape index (κ2) is 5.49. The average molecular weight is 301 g/mol. The molecule has 0 radical (unpaired) electrons. The fraction of sp³-hybridized carbons (Fsp3) is 0.0667. The summed E-state index contributed by atoms with van der Waals surface area (Å²) in [5.41, 5.74) is 0.840. The summed E-state index contributed by atoms with van der Waals surface area (Å²) in [4.78, 5) is 0.262. The summed E-state index contributed by atoms with van der Waals surface area (Å²) in [5, 5.41) is 6.13. The third-order valence-electron chi connectivity index (χ3n) is 3.13. The van der Waals surface area contributed by atoms with Crippen molar-refractivity contribution in [2.45, 2.75) is 11.2 Å². The zero-order valence-electron chi connectivity index (χ0n) is 11.2. The molecule has 0 bridgehead atoms. The van der Waals surface area contributed by atoms with Crippen molar-refractivity contribution in [1.82, 2.24) is 9.62 Å². The molecule has 0 fully saturated rings. The van der Waals surface area contributed by atoms with Crippen LogP contribution in [-0.2, 0) is 10.0 Å². The molecule has 0 amide bonds. The molecule has 1 heterocycles. The summed E-state index contributed by atoms with van der Waals surface area (Å²) >= 11 is 0. The van der Waals surface area contributed by atoms with Crippen LogP contribution in [0.1, 0.15) is 0 Å². The molecular formula is C15H15N3O2S. The van der Waals surface area contributed by atoms with Gasteiger partial charge in [0, 0.05) is 18.1 Å². The first-order chi connectivity index (χ1) is 10.2. The van der Waals surface area contributed by atoms with Gasteiger partial charge in [-0.05, 0) is 24.3 Å². The van der Waals surface area contributed by atoms with E-state index in [9.17, 15) is 8.42 Å². The highest BCUT2D eigenvalue weighted by Gasteiger charge is 2.30. The Morgan fingerprint density at radius 2 is 1.57 bits per heavy atom. The molecule has 0 saturated heterocycles. The van der Waals surface area contributed by atoms with Gasteiger partial charge in [-0.2, -0.15) is 0 Å². The molecule has 1 aliphatic rings. The number of nitrogens with one attached hydrogen (secondary N) is 2. The van der Waals surface area contributed by atoms with Crippen LogP contribution in [0.25, 0.3) is 0 Å². The quantitative estimate of drug-likeness (QED) is 0.908. The molecule has 108 valence electrons. The minimum absolute atomic E-state index is 0.262. The number of rotatable bonds is 4. The lowest BCUT2D eigenvalue weighted by molar-refractivity contribution is 0.430. The smallest absolute Gasteiger partial charge is 0.267 e. The molecule has 2 N–H and O–H groups in total. The van der Waals surface area contributed by atoms with E-state index in [0.717, 1.165) is 5.69 Å². The number of hydrogen-bond donors (Lipinski definition) is 2. The van der Waals surface area contributed by atoms with Crippen molar-refractivity contribution in [1.29, 1.82) is 0 Å². The van der Waals surface area contributed by atoms with Gasteiger partial charge >= 0.3 is 0 Å². The zero-order valence-corrected chi connectivity index (χ0v) is 12.0. The molecule has 5 nitrogen and oxygen atoms in total. The lowest BCUT2D eigenvalue weighted by atomic mass is 10.3. The Morgan fingerprint density at radius 1 is 0.952 bits per heavy atom. The van der Waals surface area contributed by atoms with Crippen molar-refractivity contribution in [3.63, 3.8) is 0 Å². The average Bonchev–Trinajstić information content (AvgIpc) is 2.98. The van der Waals surface area contributed by atoms with E-state index in [1.807, 2.05) is 30.3 Å². The van der Waals surface area contributed by atoms with Crippen LogP contribution in [0.4, 0.5) is 5.69 Å². The number of para-hydroxylation sites is 1. The predicted octanol–water partition coefficient (Wildman–Crippen LogP) is 2.15. The third-order valence-corrected chi connectivity index (χ3v) is 4.88. The third kappa shape index (κ3) is 2.71. The van der Waals surface area contributed by atoms with E-state index in [1.165, 1.54) is 10.5 Å². The molecule has 21 heavy (non-hydrogen) atoms. The molecule has 3 rings (SSSR count). The van der Waals surface area contributed by atoms with Crippen molar-refractivity contribution < 1.29 is 8.42 Å². The standard InChI is InChI=1S/C15H15N3O2S/c19-21(20,14-9-5-2-6-10-14)18-12-11-16-15(18)17-13-7-3-1-4-8-13/h1-12,15-17H. The van der Waals surface area contributed by atoms with Crippen LogP contribution < -0.4 is 10.6 Å². The molecule has 0 aliphatic carbocycles. The summed E-state index contributed by atoms with van der Waals surface area (Å²) in [5.74, 6) is 0. The van der Waals surface area contributed by atoms with Gasteiger partial charge in [-0.3, -0.25) is 0 Å². The molecule has 2 aromatic rings. The summed E-state index contributed by atoms with van der Waals surface area (Å²) in [6.45, 7) is 0. The Balaban J connectivity index is 1.85. The summed E-state index contributed by atoms with van der Waals surface area (Å²) in [7, 11) is -3.59. The summed E-state index contributed by atoms with van der Waals surface area (Å²) in [6.07, 6.45) is 2.59. The Labute approximate surface area is 124 Å². The monoisotopic (exact) mass is 301 g/mol. The minimum Gasteiger partial charge on any atom is -0.352 e. The number of hydrogen-bond acceptors (Lipinski definition) is 4. The van der Waals surface area contributed by atoms with E-state index in [2.05, 4.69) is 10.6 Å². The predicted molar refractivity (Wildman–Crippen MR) is 81.6 cm³/mol. The van der Waals surface area contributed by atoms with Crippen LogP contribution in [0.2, 0.25) is 0 Å². The maximum absolute atomic E-state index is 12.6. The summed E-state index contributed by atoms with van der Waals surface area (Å²) in [6, 6.07) is 17.8. The maximum Gasteiger partial charge on any atom is 0.267 e. The van der Waals surface area contributed by atoms with Crippen LogP contribution in [0, 0.1) is 0 Å². The maximum atomic E-state index is 12.6. The first kappa shape index (κ1) is 13.5. The van der Waals surface area contributed by atoms with Gasteiger partial charge in [0.05, 0.1) is 4.90 Å². The highest BCUT2D eigenvalue weighted by molar-refractivity contribution is 7.89. The van der Waals surface area contributed by atoms with Crippen LogP contribution in [-0.4, -0.2) is 19.0 Å². The minimum atomic E-state index is -3.59. The molecule has 1 aliphatic heterocycles. The largest absolute Gasteiger partial charge is 0.352 e. The van der Waals surface area contributed by atoms with Crippen LogP contribution in [0.5, 0.6) is 0 Å². The fourth-order valence-electron chi connectivity index (χ4n) is 2.10. The number of nitrogens with zero attached hydrogens (tertiary/aromatic N) is 1. The molecule has 0 spiro atoms. The van der Waals surface area contributed by atoms with E-state index in [0.29, 0.717) is 0 Å². The van der Waals surface area contributed by atoms with Crippen LogP contribution in [0.3, 0.4) is 0 Å². The molecule has 0 saturated carbocycles. The fourth-order valence-corrected chi connectivity index (χ4v) is 3.45. The van der Waals surface area contributed by atoms with E-state index in [-0.39, 0.29) is 4.90 Å². The highest BCUT2D eigenvalue weighted by atomic mass is 32.2. The van der Waals surface area contributed by atoms with Crippen LogP contribution in [0.15, 0.2) is 78.0 Å². The molecule has 6 heteroatoms. The van der Waals surface area contributed by atoms with Gasteiger partial charge in [0.1, 0.15) is 0 Å². The van der Waals surface area contributed by atoms with Crippen molar-refractivity contribution in [3.05, 3.63) is 73.1 Å². The lowest BCUT2D eigenvalue weighted by Crippen LogP contribution is -2.44. The van der Waals surface area contributed by atoms with Crippen molar-refractivity contribution in [3.8, 4) is 0 Å². The normalized spacial score (nSPS) is 17.5. The topological polar surface area (TPSA) is 61.4 Å². The second-order valence-corrected chi connectivity index (χ2v) is 6.39. The van der Waals surface area contributed by atoms with Gasteiger partial charge in [-0.1, -0.05) is 36.4 Å². The summed E-state index contributed by atoms with van der Waals surface area (Å²) < 4.78 is 26.5. The van der Waals surface area contributed by atoms with Crippen molar-refractivity contribution in [2.75, 3.05) is 5.32 Å². The highest BCUT2D eigenvalue weighted by Crippen LogP contribution is 2.21. The number of benzene rings is 2. The molecule has 1 atom stereocenters. The SMILES string of the molecule is O=S(=O)(c1ccccc1)N1C=CNC1Nc1ccccc1. The Bertz CT molecular complexity index is 730. The first-order valence-electron chi connectivity index (χ1n) is 6.51. The Hall–Kier alpha value is -2.47. The zero-order chi connectivity index (χ0) is 14.7. The van der Waals surface area contributed by atoms with Crippen molar-refractivity contribution in [2.24, 2.45) is 0 Å². The van der Waals surface area contributed by atoms with Gasteiger partial charge in [0.15, 0.2) is 6.29 Å². The van der Waals surface area contributed by atoms with Gasteiger partial charge in [0.25, 0.3) is 10.0 Å².